The fourth-order valence-corrected chi connectivity index (χ4v) is 4.51. The molecule has 1 aliphatic rings. The molecular formula is C22H22N6O2S. The molecule has 3 aromatic heterocycles. The predicted octanol–water partition coefficient (Wildman–Crippen LogP) is 3.77. The summed E-state index contributed by atoms with van der Waals surface area (Å²) in [5.41, 5.74) is 2.46. The first-order chi connectivity index (χ1) is 15.0. The summed E-state index contributed by atoms with van der Waals surface area (Å²) in [6, 6.07) is 7.44. The minimum absolute atomic E-state index is 0.0962. The smallest absolute Gasteiger partial charge is 0.262 e. The maximum absolute atomic E-state index is 12.7. The number of carbonyl (C=O) groups excluding carboxylic acids is 1. The molecule has 1 aromatic carbocycles. The Labute approximate surface area is 182 Å². The van der Waals surface area contributed by atoms with Gasteiger partial charge < -0.3 is 5.32 Å². The third kappa shape index (κ3) is 3.88. The number of thiophene rings is 1. The second-order valence-electron chi connectivity index (χ2n) is 7.90. The Balaban J connectivity index is 1.22. The minimum atomic E-state index is -0.160. The van der Waals surface area contributed by atoms with E-state index in [0.29, 0.717) is 22.8 Å². The zero-order chi connectivity index (χ0) is 21.5. The Kier molecular flexibility index (Phi) is 4.90. The van der Waals surface area contributed by atoms with E-state index in [-0.39, 0.29) is 24.4 Å². The van der Waals surface area contributed by atoms with Gasteiger partial charge in [0, 0.05) is 35.0 Å². The van der Waals surface area contributed by atoms with Gasteiger partial charge in [-0.1, -0.05) is 0 Å². The summed E-state index contributed by atoms with van der Waals surface area (Å²) in [6.07, 6.45) is 4.04. The summed E-state index contributed by atoms with van der Waals surface area (Å²) in [5.74, 6) is 1.98. The van der Waals surface area contributed by atoms with Crippen LogP contribution in [0.5, 0.6) is 0 Å². The number of aromatic nitrogens is 5. The van der Waals surface area contributed by atoms with Gasteiger partial charge in [-0.15, -0.1) is 11.3 Å². The highest BCUT2D eigenvalue weighted by Crippen LogP contribution is 2.38. The van der Waals surface area contributed by atoms with Gasteiger partial charge in [0.2, 0.25) is 5.91 Å². The second kappa shape index (κ2) is 7.73. The molecule has 0 unspecified atom stereocenters. The number of aromatic amines is 1. The standard InChI is InChI=1S/C22H22N6O2S/c1-12-13(2)31-21-18(12)22(30)28(11-23-21)10-9-17(29)24-16-7-5-15(6-8-16)20-25-19(26-27-20)14-3-4-14/h5-8,11,14H,3-4,9-10H2,1-2H3,(H,24,29)(H,25,26,27). The SMILES string of the molecule is Cc1sc2ncn(CCC(=O)Nc3ccc(-c4n[nH]c(C5CC5)n4)cc3)c(=O)c2c1C. The molecule has 31 heavy (non-hydrogen) atoms. The Morgan fingerprint density at radius 2 is 2.03 bits per heavy atom. The summed E-state index contributed by atoms with van der Waals surface area (Å²) in [5, 5.41) is 10.8. The third-order valence-electron chi connectivity index (χ3n) is 5.63. The number of nitrogens with one attached hydrogen (secondary N) is 2. The van der Waals surface area contributed by atoms with Crippen LogP contribution in [0.1, 0.15) is 41.4 Å². The van der Waals surface area contributed by atoms with Crippen LogP contribution in [0.3, 0.4) is 0 Å². The van der Waals surface area contributed by atoms with Gasteiger partial charge in [0.25, 0.3) is 5.56 Å². The molecule has 4 aromatic rings. The molecular weight excluding hydrogens is 412 g/mol. The van der Waals surface area contributed by atoms with Crippen LogP contribution in [-0.4, -0.2) is 30.6 Å². The first-order valence-electron chi connectivity index (χ1n) is 10.3. The number of aryl methyl sites for hydroxylation is 3. The molecule has 0 radical (unpaired) electrons. The molecule has 0 aliphatic heterocycles. The molecule has 1 aliphatic carbocycles. The fraction of sp³-hybridized carbons (Fsp3) is 0.318. The molecule has 0 atom stereocenters. The van der Waals surface area contributed by atoms with Crippen molar-refractivity contribution < 1.29 is 4.79 Å². The molecule has 0 bridgehead atoms. The van der Waals surface area contributed by atoms with Crippen LogP contribution in [0.4, 0.5) is 5.69 Å². The predicted molar refractivity (Wildman–Crippen MR) is 120 cm³/mol. The summed E-state index contributed by atoms with van der Waals surface area (Å²) in [4.78, 5) is 35.9. The van der Waals surface area contributed by atoms with Crippen molar-refractivity contribution in [2.45, 2.75) is 45.6 Å². The molecule has 3 heterocycles. The van der Waals surface area contributed by atoms with Crippen LogP contribution in [0.15, 0.2) is 35.4 Å². The number of nitrogens with zero attached hydrogens (tertiary/aromatic N) is 4. The van der Waals surface area contributed by atoms with Crippen LogP contribution in [0, 0.1) is 13.8 Å². The van der Waals surface area contributed by atoms with E-state index in [1.165, 1.54) is 35.1 Å². The largest absolute Gasteiger partial charge is 0.326 e. The van der Waals surface area contributed by atoms with Crippen molar-refractivity contribution in [1.82, 2.24) is 24.7 Å². The van der Waals surface area contributed by atoms with Crippen LogP contribution in [0.25, 0.3) is 21.6 Å². The van der Waals surface area contributed by atoms with Gasteiger partial charge in [-0.3, -0.25) is 19.3 Å². The van der Waals surface area contributed by atoms with E-state index in [4.69, 9.17) is 0 Å². The number of rotatable bonds is 6. The normalized spacial score (nSPS) is 13.6. The molecule has 1 amide bonds. The Bertz CT molecular complexity index is 1330. The first kappa shape index (κ1) is 19.6. The molecule has 8 nitrogen and oxygen atoms in total. The lowest BCUT2D eigenvalue weighted by Crippen LogP contribution is -2.23. The number of amides is 1. The highest BCUT2D eigenvalue weighted by atomic mass is 32.1. The maximum Gasteiger partial charge on any atom is 0.262 e. The monoisotopic (exact) mass is 434 g/mol. The van der Waals surface area contributed by atoms with Gasteiger partial charge in [0.15, 0.2) is 5.82 Å². The van der Waals surface area contributed by atoms with Crippen molar-refractivity contribution in [1.29, 1.82) is 0 Å². The van der Waals surface area contributed by atoms with Crippen molar-refractivity contribution in [3.8, 4) is 11.4 Å². The van der Waals surface area contributed by atoms with E-state index in [2.05, 4.69) is 25.5 Å². The number of benzene rings is 1. The van der Waals surface area contributed by atoms with Crippen molar-refractivity contribution in [2.24, 2.45) is 0 Å². The number of hydrogen-bond acceptors (Lipinski definition) is 6. The quantitative estimate of drug-likeness (QED) is 0.481. The summed E-state index contributed by atoms with van der Waals surface area (Å²) in [7, 11) is 0. The van der Waals surface area contributed by atoms with E-state index >= 15 is 0 Å². The van der Waals surface area contributed by atoms with Gasteiger partial charge in [-0.25, -0.2) is 9.97 Å². The highest BCUT2D eigenvalue weighted by molar-refractivity contribution is 7.18. The lowest BCUT2D eigenvalue weighted by Gasteiger charge is -2.07. The molecule has 5 rings (SSSR count). The van der Waals surface area contributed by atoms with E-state index in [0.717, 1.165) is 26.7 Å². The highest BCUT2D eigenvalue weighted by Gasteiger charge is 2.27. The van der Waals surface area contributed by atoms with Gasteiger partial charge in [-0.05, 0) is 56.5 Å². The Morgan fingerprint density at radius 3 is 2.77 bits per heavy atom. The molecule has 0 spiro atoms. The van der Waals surface area contributed by atoms with Crippen molar-refractivity contribution >= 4 is 33.1 Å². The van der Waals surface area contributed by atoms with Crippen molar-refractivity contribution in [3.05, 3.63) is 57.2 Å². The van der Waals surface area contributed by atoms with Gasteiger partial charge >= 0.3 is 0 Å². The van der Waals surface area contributed by atoms with E-state index in [9.17, 15) is 9.59 Å². The number of hydrogen-bond donors (Lipinski definition) is 2. The van der Waals surface area contributed by atoms with Crippen LogP contribution in [0.2, 0.25) is 0 Å². The Hall–Kier alpha value is -3.33. The molecule has 1 fully saturated rings. The average Bonchev–Trinajstić information content (AvgIpc) is 3.42. The molecule has 2 N–H and O–H groups in total. The van der Waals surface area contributed by atoms with Gasteiger partial charge in [0.1, 0.15) is 10.7 Å². The number of fused-ring (bicyclic) bond motifs is 1. The van der Waals surface area contributed by atoms with Crippen LogP contribution in [-0.2, 0) is 11.3 Å². The van der Waals surface area contributed by atoms with E-state index < -0.39 is 0 Å². The van der Waals surface area contributed by atoms with E-state index in [1.54, 1.807) is 0 Å². The zero-order valence-electron chi connectivity index (χ0n) is 17.3. The second-order valence-corrected chi connectivity index (χ2v) is 9.10. The van der Waals surface area contributed by atoms with Gasteiger partial charge in [0.05, 0.1) is 11.7 Å². The molecule has 9 heteroatoms. The number of H-pyrrole nitrogens is 1. The van der Waals surface area contributed by atoms with Gasteiger partial charge in [-0.2, -0.15) is 5.10 Å². The molecule has 158 valence electrons. The lowest BCUT2D eigenvalue weighted by atomic mass is 10.2. The maximum atomic E-state index is 12.7. The number of anilines is 1. The average molecular weight is 435 g/mol. The molecule has 1 saturated carbocycles. The lowest BCUT2D eigenvalue weighted by molar-refractivity contribution is -0.116. The summed E-state index contributed by atoms with van der Waals surface area (Å²) < 4.78 is 1.50. The van der Waals surface area contributed by atoms with E-state index in [1.807, 2.05) is 38.1 Å². The van der Waals surface area contributed by atoms with Crippen LogP contribution < -0.4 is 10.9 Å². The van der Waals surface area contributed by atoms with Crippen molar-refractivity contribution in [2.75, 3.05) is 5.32 Å². The fourth-order valence-electron chi connectivity index (χ4n) is 3.52. The topological polar surface area (TPSA) is 106 Å². The summed E-state index contributed by atoms with van der Waals surface area (Å²) >= 11 is 1.52. The number of carbonyl (C=O) groups is 1. The van der Waals surface area contributed by atoms with Crippen LogP contribution >= 0.6 is 11.3 Å². The minimum Gasteiger partial charge on any atom is -0.326 e. The summed E-state index contributed by atoms with van der Waals surface area (Å²) in [6.45, 7) is 4.20. The molecule has 0 saturated heterocycles. The first-order valence-corrected chi connectivity index (χ1v) is 11.1. The third-order valence-corrected chi connectivity index (χ3v) is 6.74. The Morgan fingerprint density at radius 1 is 1.26 bits per heavy atom. The van der Waals surface area contributed by atoms with Crippen molar-refractivity contribution in [3.63, 3.8) is 0 Å². The zero-order valence-corrected chi connectivity index (χ0v) is 18.1.